The van der Waals surface area contributed by atoms with E-state index in [4.69, 9.17) is 5.11 Å². The number of halogens is 3. The van der Waals surface area contributed by atoms with Crippen LogP contribution in [-0.4, -0.2) is 23.0 Å². The molecule has 14 heavy (non-hydrogen) atoms. The molecule has 0 aromatic carbocycles. The van der Waals surface area contributed by atoms with Crippen LogP contribution in [0.2, 0.25) is 0 Å². The Kier molecular flexibility index (Phi) is 5.30. The zero-order valence-electron chi connectivity index (χ0n) is 8.69. The van der Waals surface area contributed by atoms with Gasteiger partial charge >= 0.3 is 5.51 Å². The minimum Gasteiger partial charge on any atom is -0.396 e. The normalized spacial score (nSPS) is 17.1. The summed E-state index contributed by atoms with van der Waals surface area (Å²) in [5.41, 5.74) is -4.56. The van der Waals surface area contributed by atoms with Crippen LogP contribution in [0.1, 0.15) is 27.2 Å². The Hall–Kier alpha value is 0.100. The Balaban J connectivity index is 3.97. The number of rotatable bonds is 5. The second kappa shape index (κ2) is 5.26. The largest absolute Gasteiger partial charge is 0.441 e. The van der Waals surface area contributed by atoms with E-state index in [0.717, 1.165) is 0 Å². The molecule has 0 radical (unpaired) electrons. The lowest BCUT2D eigenvalue weighted by molar-refractivity contribution is -0.0331. The number of thioether (sulfide) groups is 1. The minimum absolute atomic E-state index is 0.0126. The van der Waals surface area contributed by atoms with Gasteiger partial charge in [-0.2, -0.15) is 13.2 Å². The molecule has 0 saturated carbocycles. The van der Waals surface area contributed by atoms with Gasteiger partial charge in [0.1, 0.15) is 0 Å². The lowest BCUT2D eigenvalue weighted by Gasteiger charge is -2.31. The summed E-state index contributed by atoms with van der Waals surface area (Å²) in [5.74, 6) is 0.194. The zero-order chi connectivity index (χ0) is 11.4. The third-order valence-electron chi connectivity index (χ3n) is 2.69. The third kappa shape index (κ3) is 5.10. The molecule has 1 unspecified atom stereocenters. The summed E-state index contributed by atoms with van der Waals surface area (Å²) in [6.07, 6.45) is 0.380. The van der Waals surface area contributed by atoms with Crippen LogP contribution in [0.4, 0.5) is 13.2 Å². The third-order valence-corrected chi connectivity index (χ3v) is 3.43. The summed E-state index contributed by atoms with van der Waals surface area (Å²) in [4.78, 5) is 0. The van der Waals surface area contributed by atoms with Crippen molar-refractivity contribution in [1.82, 2.24) is 0 Å². The van der Waals surface area contributed by atoms with Crippen molar-refractivity contribution in [2.45, 2.75) is 32.7 Å². The Morgan fingerprint density at radius 2 is 1.79 bits per heavy atom. The van der Waals surface area contributed by atoms with Gasteiger partial charge in [0.05, 0.1) is 0 Å². The molecule has 0 aromatic rings. The molecule has 0 bridgehead atoms. The first-order valence-corrected chi connectivity index (χ1v) is 5.51. The minimum atomic E-state index is -4.16. The standard InChI is InChI=1S/C9H17F3OS/c1-7(2)8(3,6-13)4-5-14-9(10,11)12/h7,13H,4-6H2,1-3H3. The summed E-state index contributed by atoms with van der Waals surface area (Å²) in [6, 6.07) is 0. The maximum atomic E-state index is 11.8. The Morgan fingerprint density at radius 1 is 1.29 bits per heavy atom. The molecule has 1 N–H and O–H groups in total. The van der Waals surface area contributed by atoms with Gasteiger partial charge in [-0.3, -0.25) is 0 Å². The predicted molar refractivity (Wildman–Crippen MR) is 53.2 cm³/mol. The maximum absolute atomic E-state index is 11.8. The first-order chi connectivity index (χ1) is 6.21. The van der Waals surface area contributed by atoms with Crippen LogP contribution in [0.15, 0.2) is 0 Å². The zero-order valence-corrected chi connectivity index (χ0v) is 9.50. The van der Waals surface area contributed by atoms with E-state index in [1.165, 1.54) is 0 Å². The summed E-state index contributed by atoms with van der Waals surface area (Å²) < 4.78 is 35.5. The first kappa shape index (κ1) is 14.1. The van der Waals surface area contributed by atoms with Gasteiger partial charge in [-0.1, -0.05) is 32.5 Å². The van der Waals surface area contributed by atoms with E-state index in [1.807, 2.05) is 20.8 Å². The molecule has 0 amide bonds. The Labute approximate surface area is 87.1 Å². The molecule has 0 saturated heterocycles. The van der Waals surface area contributed by atoms with Gasteiger partial charge in [0.2, 0.25) is 0 Å². The van der Waals surface area contributed by atoms with E-state index >= 15 is 0 Å². The highest BCUT2D eigenvalue weighted by atomic mass is 32.2. The van der Waals surface area contributed by atoms with Gasteiger partial charge in [-0.05, 0) is 17.8 Å². The second-order valence-corrected chi connectivity index (χ2v) is 5.17. The fraction of sp³-hybridized carbons (Fsp3) is 1.00. The number of hydrogen-bond donors (Lipinski definition) is 1. The summed E-state index contributed by atoms with van der Waals surface area (Å²) >= 11 is -0.0179. The molecule has 0 aliphatic carbocycles. The van der Waals surface area contributed by atoms with Crippen LogP contribution in [-0.2, 0) is 0 Å². The number of aliphatic hydroxyl groups is 1. The fourth-order valence-corrected chi connectivity index (χ4v) is 1.75. The van der Waals surface area contributed by atoms with Crippen molar-refractivity contribution in [1.29, 1.82) is 0 Å². The van der Waals surface area contributed by atoms with E-state index < -0.39 is 10.9 Å². The number of aliphatic hydroxyl groups excluding tert-OH is 1. The van der Waals surface area contributed by atoms with Gasteiger partial charge in [0.15, 0.2) is 0 Å². The molecule has 0 spiro atoms. The topological polar surface area (TPSA) is 20.2 Å². The smallest absolute Gasteiger partial charge is 0.396 e. The molecular formula is C9H17F3OS. The van der Waals surface area contributed by atoms with Crippen molar-refractivity contribution in [3.05, 3.63) is 0 Å². The van der Waals surface area contributed by atoms with E-state index in [-0.39, 0.29) is 30.0 Å². The van der Waals surface area contributed by atoms with E-state index in [1.54, 1.807) is 0 Å². The summed E-state index contributed by atoms with van der Waals surface area (Å²) in [5, 5.41) is 9.09. The fourth-order valence-electron chi connectivity index (χ4n) is 0.950. The van der Waals surface area contributed by atoms with Crippen LogP contribution in [0.25, 0.3) is 0 Å². The molecule has 1 atom stereocenters. The Morgan fingerprint density at radius 3 is 2.07 bits per heavy atom. The second-order valence-electron chi connectivity index (χ2n) is 4.01. The van der Waals surface area contributed by atoms with E-state index in [2.05, 4.69) is 0 Å². The monoisotopic (exact) mass is 230 g/mol. The highest BCUT2D eigenvalue weighted by Crippen LogP contribution is 2.36. The molecule has 0 aliphatic heterocycles. The highest BCUT2D eigenvalue weighted by Gasteiger charge is 2.32. The molecule has 5 heteroatoms. The molecule has 86 valence electrons. The SMILES string of the molecule is CC(C)C(C)(CO)CCSC(F)(F)F. The molecule has 0 aromatic heterocycles. The molecule has 0 aliphatic rings. The van der Waals surface area contributed by atoms with Crippen molar-refractivity contribution in [2.75, 3.05) is 12.4 Å². The molecule has 1 nitrogen and oxygen atoms in total. The lowest BCUT2D eigenvalue weighted by Crippen LogP contribution is -2.28. The highest BCUT2D eigenvalue weighted by molar-refractivity contribution is 8.00. The van der Waals surface area contributed by atoms with Crippen LogP contribution < -0.4 is 0 Å². The van der Waals surface area contributed by atoms with Crippen molar-refractivity contribution in [2.24, 2.45) is 11.3 Å². The van der Waals surface area contributed by atoms with E-state index in [0.29, 0.717) is 6.42 Å². The first-order valence-electron chi connectivity index (χ1n) is 4.53. The Bertz CT molecular complexity index is 170. The molecule has 0 heterocycles. The molecule has 0 rings (SSSR count). The van der Waals surface area contributed by atoms with Crippen LogP contribution in [0, 0.1) is 11.3 Å². The van der Waals surface area contributed by atoms with Crippen molar-refractivity contribution in [3.63, 3.8) is 0 Å². The maximum Gasteiger partial charge on any atom is 0.441 e. The lowest BCUT2D eigenvalue weighted by atomic mass is 9.78. The van der Waals surface area contributed by atoms with Gasteiger partial charge in [0, 0.05) is 12.4 Å². The van der Waals surface area contributed by atoms with Gasteiger partial charge in [-0.25, -0.2) is 0 Å². The number of hydrogen-bond acceptors (Lipinski definition) is 2. The van der Waals surface area contributed by atoms with E-state index in [9.17, 15) is 13.2 Å². The van der Waals surface area contributed by atoms with Crippen molar-refractivity contribution in [3.8, 4) is 0 Å². The van der Waals surface area contributed by atoms with Crippen LogP contribution >= 0.6 is 11.8 Å². The molecule has 0 fully saturated rings. The van der Waals surface area contributed by atoms with Crippen LogP contribution in [0.3, 0.4) is 0 Å². The van der Waals surface area contributed by atoms with Crippen molar-refractivity contribution < 1.29 is 18.3 Å². The van der Waals surface area contributed by atoms with Gasteiger partial charge in [0.25, 0.3) is 0 Å². The van der Waals surface area contributed by atoms with Gasteiger partial charge in [-0.15, -0.1) is 0 Å². The summed E-state index contributed by atoms with van der Waals surface area (Å²) in [7, 11) is 0. The predicted octanol–water partition coefficient (Wildman–Crippen LogP) is 3.28. The quantitative estimate of drug-likeness (QED) is 0.782. The average Bonchev–Trinajstić information content (AvgIpc) is 2.01. The number of alkyl halides is 3. The average molecular weight is 230 g/mol. The molecular weight excluding hydrogens is 213 g/mol. The van der Waals surface area contributed by atoms with Crippen LogP contribution in [0.5, 0.6) is 0 Å². The van der Waals surface area contributed by atoms with Gasteiger partial charge < -0.3 is 5.11 Å². The summed E-state index contributed by atoms with van der Waals surface area (Å²) in [6.45, 7) is 5.57. The van der Waals surface area contributed by atoms with Crippen molar-refractivity contribution >= 4 is 11.8 Å².